The van der Waals surface area contributed by atoms with Crippen molar-refractivity contribution in [1.82, 2.24) is 14.8 Å². The predicted octanol–water partition coefficient (Wildman–Crippen LogP) is 1.49. The van der Waals surface area contributed by atoms with E-state index in [2.05, 4.69) is 14.8 Å². The third-order valence-corrected chi connectivity index (χ3v) is 2.73. The number of rotatable bonds is 1. The van der Waals surface area contributed by atoms with E-state index in [9.17, 15) is 0 Å². The Balaban J connectivity index is 1.97. The zero-order valence-electron chi connectivity index (χ0n) is 7.16. The summed E-state index contributed by atoms with van der Waals surface area (Å²) in [6.45, 7) is 1.09. The van der Waals surface area contributed by atoms with E-state index in [1.54, 1.807) is 0 Å². The van der Waals surface area contributed by atoms with Crippen LogP contribution in [0.5, 0.6) is 0 Å². The molecule has 0 N–H and O–H groups in total. The van der Waals surface area contributed by atoms with E-state index in [1.165, 1.54) is 31.5 Å². The highest BCUT2D eigenvalue weighted by atomic mass is 15.4. The number of hydrogen-bond acceptors (Lipinski definition) is 2. The molecule has 0 saturated heterocycles. The summed E-state index contributed by atoms with van der Waals surface area (Å²) in [6, 6.07) is 0. The van der Waals surface area contributed by atoms with Gasteiger partial charge >= 0.3 is 0 Å². The van der Waals surface area contributed by atoms with E-state index in [1.807, 2.05) is 0 Å². The molecule has 1 fully saturated rings. The smallest absolute Gasteiger partial charge is 0.154 e. The summed E-state index contributed by atoms with van der Waals surface area (Å²) in [5, 5.41) is 4.52. The van der Waals surface area contributed by atoms with Gasteiger partial charge in [-0.15, -0.1) is 0 Å². The van der Waals surface area contributed by atoms with Gasteiger partial charge in [0.05, 0.1) is 0 Å². The molecule has 1 saturated carbocycles. The largest absolute Gasteiger partial charge is 0.250 e. The maximum atomic E-state index is 4.56. The number of nitrogens with zero attached hydrogens (tertiary/aromatic N) is 3. The summed E-state index contributed by atoms with van der Waals surface area (Å²) in [5.74, 6) is 3.05. The summed E-state index contributed by atoms with van der Waals surface area (Å²) in [6.07, 6.45) is 6.33. The molecular weight excluding hydrogens is 150 g/mol. The molecule has 3 heteroatoms. The van der Waals surface area contributed by atoms with Gasteiger partial charge in [0.25, 0.3) is 0 Å². The zero-order chi connectivity index (χ0) is 7.97. The van der Waals surface area contributed by atoms with E-state index in [-0.39, 0.29) is 0 Å². The topological polar surface area (TPSA) is 30.7 Å². The van der Waals surface area contributed by atoms with Crippen molar-refractivity contribution < 1.29 is 0 Å². The molecule has 3 nitrogen and oxygen atoms in total. The van der Waals surface area contributed by atoms with Gasteiger partial charge in [-0.25, -0.2) is 9.67 Å². The van der Waals surface area contributed by atoms with Crippen LogP contribution in [0.4, 0.5) is 0 Å². The van der Waals surface area contributed by atoms with E-state index >= 15 is 0 Å². The molecule has 1 aromatic rings. The molecule has 0 unspecified atom stereocenters. The third-order valence-electron chi connectivity index (χ3n) is 2.73. The highest BCUT2D eigenvalue weighted by Gasteiger charge is 2.29. The molecule has 0 bridgehead atoms. The van der Waals surface area contributed by atoms with Crippen LogP contribution in [-0.2, 0) is 13.0 Å². The van der Waals surface area contributed by atoms with Gasteiger partial charge in [0.15, 0.2) is 5.82 Å². The lowest BCUT2D eigenvalue weighted by Crippen LogP contribution is -2.11. The number of hydrogen-bond donors (Lipinski definition) is 0. The van der Waals surface area contributed by atoms with Crippen molar-refractivity contribution in [3.8, 4) is 0 Å². The minimum Gasteiger partial charge on any atom is -0.250 e. The maximum absolute atomic E-state index is 4.56. The van der Waals surface area contributed by atoms with E-state index in [4.69, 9.17) is 0 Å². The number of fused-ring (bicyclic) bond motifs is 1. The van der Waals surface area contributed by atoms with Crippen molar-refractivity contribution in [1.29, 1.82) is 0 Å². The Kier molecular flexibility index (Phi) is 1.28. The van der Waals surface area contributed by atoms with Crippen molar-refractivity contribution in [2.75, 3.05) is 0 Å². The Bertz CT molecular complexity index is 275. The Morgan fingerprint density at radius 2 is 2.17 bits per heavy atom. The van der Waals surface area contributed by atoms with Crippen molar-refractivity contribution in [2.45, 2.75) is 44.6 Å². The highest BCUT2D eigenvalue weighted by molar-refractivity contribution is 5.06. The fourth-order valence-corrected chi connectivity index (χ4v) is 1.82. The molecule has 0 radical (unpaired) electrons. The summed E-state index contributed by atoms with van der Waals surface area (Å²) in [7, 11) is 0. The van der Waals surface area contributed by atoms with Crippen LogP contribution >= 0.6 is 0 Å². The fraction of sp³-hybridized carbons (Fsp3) is 0.778. The first kappa shape index (κ1) is 6.63. The van der Waals surface area contributed by atoms with Crippen molar-refractivity contribution >= 4 is 0 Å². The van der Waals surface area contributed by atoms with Crippen LogP contribution in [0.15, 0.2) is 0 Å². The third kappa shape index (κ3) is 0.958. The Morgan fingerprint density at radius 3 is 2.92 bits per heavy atom. The lowest BCUT2D eigenvalue weighted by Gasteiger charge is -2.09. The van der Waals surface area contributed by atoms with Gasteiger partial charge in [0, 0.05) is 18.9 Å². The zero-order valence-corrected chi connectivity index (χ0v) is 7.16. The van der Waals surface area contributed by atoms with Gasteiger partial charge in [0.2, 0.25) is 0 Å². The molecule has 0 aromatic carbocycles. The van der Waals surface area contributed by atoms with Crippen LogP contribution in [0.25, 0.3) is 0 Å². The molecule has 1 aromatic heterocycles. The first-order valence-electron chi connectivity index (χ1n) is 4.87. The molecule has 2 aliphatic rings. The first-order valence-corrected chi connectivity index (χ1v) is 4.87. The van der Waals surface area contributed by atoms with E-state index in [0.29, 0.717) is 5.92 Å². The van der Waals surface area contributed by atoms with Gasteiger partial charge in [-0.3, -0.25) is 0 Å². The number of aryl methyl sites for hydroxylation is 2. The number of aromatic nitrogens is 3. The molecule has 0 spiro atoms. The second-order valence-corrected chi connectivity index (χ2v) is 3.84. The van der Waals surface area contributed by atoms with Crippen LogP contribution in [0.1, 0.15) is 43.3 Å². The summed E-state index contributed by atoms with van der Waals surface area (Å²) >= 11 is 0. The van der Waals surface area contributed by atoms with Crippen LogP contribution < -0.4 is 0 Å². The average molecular weight is 163 g/mol. The average Bonchev–Trinajstić information content (AvgIpc) is 2.85. The monoisotopic (exact) mass is 163 g/mol. The molecule has 2 heterocycles. The van der Waals surface area contributed by atoms with Crippen molar-refractivity contribution in [3.63, 3.8) is 0 Å². The van der Waals surface area contributed by atoms with Gasteiger partial charge in [0.1, 0.15) is 5.82 Å². The highest BCUT2D eigenvalue weighted by Crippen LogP contribution is 2.38. The Morgan fingerprint density at radius 1 is 1.25 bits per heavy atom. The van der Waals surface area contributed by atoms with Crippen molar-refractivity contribution in [3.05, 3.63) is 11.6 Å². The van der Waals surface area contributed by atoms with Crippen LogP contribution in [0.3, 0.4) is 0 Å². The normalized spacial score (nSPS) is 22.3. The molecule has 0 amide bonds. The van der Waals surface area contributed by atoms with E-state index in [0.717, 1.165) is 18.8 Å². The summed E-state index contributed by atoms with van der Waals surface area (Å²) < 4.78 is 2.11. The van der Waals surface area contributed by atoms with Crippen LogP contribution in [0, 0.1) is 0 Å². The fourth-order valence-electron chi connectivity index (χ4n) is 1.82. The van der Waals surface area contributed by atoms with E-state index < -0.39 is 0 Å². The quantitative estimate of drug-likeness (QED) is 0.628. The molecule has 3 rings (SSSR count). The Labute approximate surface area is 71.8 Å². The van der Waals surface area contributed by atoms with Gasteiger partial charge < -0.3 is 0 Å². The molecule has 64 valence electrons. The second-order valence-electron chi connectivity index (χ2n) is 3.84. The van der Waals surface area contributed by atoms with Gasteiger partial charge in [-0.1, -0.05) is 0 Å². The molecular formula is C9H13N3. The second kappa shape index (κ2) is 2.31. The minimum atomic E-state index is 0.711. The first-order chi connectivity index (χ1) is 5.93. The lowest BCUT2D eigenvalue weighted by molar-refractivity contribution is 0.478. The van der Waals surface area contributed by atoms with Gasteiger partial charge in [-0.2, -0.15) is 5.10 Å². The van der Waals surface area contributed by atoms with Gasteiger partial charge in [-0.05, 0) is 25.7 Å². The standard InChI is InChI=1S/C9H13N3/c1-2-6-12-8(3-1)10-9(11-12)7-4-5-7/h7H,1-6H2. The molecule has 0 atom stereocenters. The predicted molar refractivity (Wildman–Crippen MR) is 44.9 cm³/mol. The molecule has 1 aliphatic heterocycles. The maximum Gasteiger partial charge on any atom is 0.154 e. The summed E-state index contributed by atoms with van der Waals surface area (Å²) in [5.41, 5.74) is 0. The molecule has 12 heavy (non-hydrogen) atoms. The van der Waals surface area contributed by atoms with Crippen LogP contribution in [-0.4, -0.2) is 14.8 Å². The van der Waals surface area contributed by atoms with Crippen LogP contribution in [0.2, 0.25) is 0 Å². The minimum absolute atomic E-state index is 0.711. The van der Waals surface area contributed by atoms with Crippen molar-refractivity contribution in [2.24, 2.45) is 0 Å². The summed E-state index contributed by atoms with van der Waals surface area (Å²) in [4.78, 5) is 4.56. The molecule has 1 aliphatic carbocycles. The lowest BCUT2D eigenvalue weighted by atomic mass is 10.2. The Hall–Kier alpha value is -0.860. The SMILES string of the molecule is C1CCn2nc(C3CC3)nc2C1.